The van der Waals surface area contributed by atoms with Crippen molar-refractivity contribution >= 4 is 5.97 Å². The average Bonchev–Trinajstić information content (AvgIpc) is 3.22. The zero-order valence-corrected chi connectivity index (χ0v) is 21.5. The fraction of sp³-hybridized carbons (Fsp3) is 0.885. The van der Waals surface area contributed by atoms with Crippen LogP contribution in [0.4, 0.5) is 0 Å². The number of aliphatic hydroxyl groups excluding tert-OH is 5. The Morgan fingerprint density at radius 2 is 1.81 bits per heavy atom. The standard InChI is InChI=1S/C26H42O10/c1-13-11-15(28)21-24(2,3)17(36-23-20(31)19(30)18(29)16(12-27)35-23)6-8-25(21,4)26(13,33)9-5-14-7-10-34-22(14)32/h7,13,15-21,23,27-31,33H,5-6,8-12H2,1-4H3/t13-,15+,16-,17-,18-,19+,20-,21+,23+,25+,26-/m1/s1. The number of aliphatic hydroxyl groups is 6. The summed E-state index contributed by atoms with van der Waals surface area (Å²) in [5.41, 5.74) is -1.94. The number of cyclic esters (lactones) is 1. The van der Waals surface area contributed by atoms with E-state index < -0.39 is 66.0 Å². The molecule has 1 saturated heterocycles. The lowest BCUT2D eigenvalue weighted by Gasteiger charge is -2.66. The summed E-state index contributed by atoms with van der Waals surface area (Å²) >= 11 is 0. The highest BCUT2D eigenvalue weighted by molar-refractivity contribution is 5.90. The Bertz CT molecular complexity index is 858. The Balaban J connectivity index is 1.57. The molecule has 0 aromatic rings. The van der Waals surface area contributed by atoms with Crippen LogP contribution in [-0.4, -0.2) is 98.3 Å². The molecule has 0 amide bonds. The molecule has 0 spiro atoms. The van der Waals surface area contributed by atoms with E-state index in [1.165, 1.54) is 0 Å². The minimum Gasteiger partial charge on any atom is -0.458 e. The maximum atomic E-state index is 12.2. The third-order valence-corrected chi connectivity index (χ3v) is 9.76. The van der Waals surface area contributed by atoms with E-state index >= 15 is 0 Å². The number of carbonyl (C=O) groups is 1. The minimum atomic E-state index is -1.54. The summed E-state index contributed by atoms with van der Waals surface area (Å²) in [6.07, 6.45) is -4.19. The maximum absolute atomic E-state index is 12.2. The molecule has 0 aromatic heterocycles. The molecule has 6 N–H and O–H groups in total. The number of fused-ring (bicyclic) bond motifs is 1. The van der Waals surface area contributed by atoms with E-state index in [4.69, 9.17) is 14.2 Å². The lowest BCUT2D eigenvalue weighted by atomic mass is 9.42. The van der Waals surface area contributed by atoms with Crippen molar-refractivity contribution in [2.24, 2.45) is 22.7 Å². The van der Waals surface area contributed by atoms with Crippen LogP contribution < -0.4 is 0 Å². The third kappa shape index (κ3) is 4.33. The molecular formula is C26H42O10. The molecule has 4 rings (SSSR count). The van der Waals surface area contributed by atoms with Crippen molar-refractivity contribution in [2.45, 2.75) is 108 Å². The molecule has 10 nitrogen and oxygen atoms in total. The number of hydrogen-bond donors (Lipinski definition) is 6. The fourth-order valence-corrected chi connectivity index (χ4v) is 7.68. The number of esters is 1. The summed E-state index contributed by atoms with van der Waals surface area (Å²) in [5, 5.41) is 63.8. The molecule has 0 unspecified atom stereocenters. The number of rotatable bonds is 6. The van der Waals surface area contributed by atoms with E-state index in [1.807, 2.05) is 27.7 Å². The van der Waals surface area contributed by atoms with Crippen molar-refractivity contribution in [3.8, 4) is 0 Å². The second-order valence-corrected chi connectivity index (χ2v) is 12.0. The van der Waals surface area contributed by atoms with Crippen molar-refractivity contribution in [2.75, 3.05) is 13.2 Å². The third-order valence-electron chi connectivity index (χ3n) is 9.76. The highest BCUT2D eigenvalue weighted by atomic mass is 16.7. The molecule has 0 bridgehead atoms. The van der Waals surface area contributed by atoms with Gasteiger partial charge in [-0.25, -0.2) is 4.79 Å². The molecule has 2 heterocycles. The molecule has 3 fully saturated rings. The summed E-state index contributed by atoms with van der Waals surface area (Å²) < 4.78 is 16.8. The van der Waals surface area contributed by atoms with Gasteiger partial charge < -0.3 is 44.8 Å². The van der Waals surface area contributed by atoms with Gasteiger partial charge in [-0.05, 0) is 49.5 Å². The lowest BCUT2D eigenvalue weighted by molar-refractivity contribution is -0.337. The predicted octanol–water partition coefficient (Wildman–Crippen LogP) is 0.00920. The van der Waals surface area contributed by atoms with Gasteiger partial charge in [0, 0.05) is 16.9 Å². The van der Waals surface area contributed by atoms with E-state index in [0.29, 0.717) is 37.7 Å². The molecule has 206 valence electrons. The molecule has 2 aliphatic carbocycles. The molecule has 2 aliphatic heterocycles. The quantitative estimate of drug-likeness (QED) is 0.210. The molecule has 0 radical (unpaired) electrons. The molecule has 11 atom stereocenters. The molecule has 4 aliphatic rings. The number of ether oxygens (including phenoxy) is 3. The maximum Gasteiger partial charge on any atom is 0.334 e. The summed E-state index contributed by atoms with van der Waals surface area (Å²) in [6, 6.07) is 0. The van der Waals surface area contributed by atoms with Gasteiger partial charge in [0.05, 0.1) is 24.4 Å². The van der Waals surface area contributed by atoms with E-state index in [1.54, 1.807) is 6.08 Å². The van der Waals surface area contributed by atoms with Crippen molar-refractivity contribution in [1.29, 1.82) is 0 Å². The van der Waals surface area contributed by atoms with E-state index in [2.05, 4.69) is 0 Å². The van der Waals surface area contributed by atoms with Crippen LogP contribution >= 0.6 is 0 Å². The smallest absolute Gasteiger partial charge is 0.334 e. The topological polar surface area (TPSA) is 166 Å². The van der Waals surface area contributed by atoms with Crippen LogP contribution in [0.15, 0.2) is 11.6 Å². The summed E-state index contributed by atoms with van der Waals surface area (Å²) in [7, 11) is 0. The molecular weight excluding hydrogens is 472 g/mol. The largest absolute Gasteiger partial charge is 0.458 e. The van der Waals surface area contributed by atoms with Crippen LogP contribution in [0, 0.1) is 22.7 Å². The molecule has 36 heavy (non-hydrogen) atoms. The van der Waals surface area contributed by atoms with Crippen LogP contribution in [0.2, 0.25) is 0 Å². The number of carbonyl (C=O) groups excluding carboxylic acids is 1. The summed E-state index contributed by atoms with van der Waals surface area (Å²) in [6.45, 7) is 7.57. The Hall–Kier alpha value is -1.11. The fourth-order valence-electron chi connectivity index (χ4n) is 7.68. The van der Waals surface area contributed by atoms with Gasteiger partial charge in [0.2, 0.25) is 0 Å². The highest BCUT2D eigenvalue weighted by Gasteiger charge is 2.66. The normalized spacial score (nSPS) is 48.8. The number of hydrogen-bond acceptors (Lipinski definition) is 10. The van der Waals surface area contributed by atoms with E-state index in [9.17, 15) is 35.4 Å². The SMILES string of the molecule is C[C@@H]1C[C@H](O)[C@H]2C(C)(C)[C@H](O[C@@H]3O[C@H](CO)[C@@H](O)[C@H](O)[C@H]3O)CC[C@]2(C)[C@@]1(O)CCC1=CCOC1=O. The molecule has 2 saturated carbocycles. The van der Waals surface area contributed by atoms with Gasteiger partial charge in [-0.15, -0.1) is 0 Å². The van der Waals surface area contributed by atoms with Crippen molar-refractivity contribution < 1.29 is 49.6 Å². The Morgan fingerprint density at radius 1 is 1.11 bits per heavy atom. The Morgan fingerprint density at radius 3 is 2.42 bits per heavy atom. The first-order valence-corrected chi connectivity index (χ1v) is 13.0. The van der Waals surface area contributed by atoms with Gasteiger partial charge >= 0.3 is 5.97 Å². The van der Waals surface area contributed by atoms with Gasteiger partial charge in [-0.2, -0.15) is 0 Å². The van der Waals surface area contributed by atoms with Gasteiger partial charge in [0.1, 0.15) is 31.0 Å². The first kappa shape index (κ1) is 27.9. The van der Waals surface area contributed by atoms with Crippen molar-refractivity contribution in [3.05, 3.63) is 11.6 Å². The Kier molecular flexibility index (Phi) is 7.67. The van der Waals surface area contributed by atoms with Gasteiger partial charge in [-0.3, -0.25) is 0 Å². The molecule has 0 aromatic carbocycles. The van der Waals surface area contributed by atoms with Gasteiger partial charge in [-0.1, -0.05) is 27.7 Å². The summed E-state index contributed by atoms with van der Waals surface area (Å²) in [5.74, 6) is -0.925. The van der Waals surface area contributed by atoms with Crippen LogP contribution in [0.1, 0.15) is 59.8 Å². The zero-order valence-electron chi connectivity index (χ0n) is 21.5. The second kappa shape index (κ2) is 9.89. The van der Waals surface area contributed by atoms with Crippen LogP contribution in [0.5, 0.6) is 0 Å². The van der Waals surface area contributed by atoms with Crippen molar-refractivity contribution in [3.63, 3.8) is 0 Å². The average molecular weight is 515 g/mol. The van der Waals surface area contributed by atoms with Gasteiger partial charge in [0.15, 0.2) is 6.29 Å². The van der Waals surface area contributed by atoms with Crippen LogP contribution in [0.25, 0.3) is 0 Å². The zero-order chi connectivity index (χ0) is 26.6. The van der Waals surface area contributed by atoms with Crippen LogP contribution in [-0.2, 0) is 19.0 Å². The van der Waals surface area contributed by atoms with Crippen LogP contribution in [0.3, 0.4) is 0 Å². The van der Waals surface area contributed by atoms with Gasteiger partial charge in [0.25, 0.3) is 0 Å². The van der Waals surface area contributed by atoms with E-state index in [-0.39, 0.29) is 24.4 Å². The lowest BCUT2D eigenvalue weighted by Crippen LogP contribution is -2.69. The monoisotopic (exact) mass is 514 g/mol. The summed E-state index contributed by atoms with van der Waals surface area (Å²) in [4.78, 5) is 12.0. The van der Waals surface area contributed by atoms with E-state index in [0.717, 1.165) is 0 Å². The first-order valence-electron chi connectivity index (χ1n) is 13.0. The minimum absolute atomic E-state index is 0.203. The Labute approximate surface area is 211 Å². The highest BCUT2D eigenvalue weighted by Crippen LogP contribution is 2.64. The van der Waals surface area contributed by atoms with Crippen molar-refractivity contribution in [1.82, 2.24) is 0 Å². The second-order valence-electron chi connectivity index (χ2n) is 12.0. The predicted molar refractivity (Wildman–Crippen MR) is 126 cm³/mol. The first-order chi connectivity index (χ1) is 16.8. The molecule has 10 heteroatoms.